The van der Waals surface area contributed by atoms with E-state index in [1.54, 1.807) is 0 Å². The van der Waals surface area contributed by atoms with E-state index in [1.807, 2.05) is 13.0 Å². The van der Waals surface area contributed by atoms with Crippen LogP contribution in [0.15, 0.2) is 5.16 Å². The molecule has 0 aliphatic rings. The average molecular weight is 168 g/mol. The Labute approximate surface area is 71.8 Å². The fourth-order valence-electron chi connectivity index (χ4n) is 0.616. The fraction of sp³-hybridized carbons (Fsp3) is 0.625. The Balaban J connectivity index is 3.88. The molecule has 0 N–H and O–H groups in total. The van der Waals surface area contributed by atoms with Crippen molar-refractivity contribution in [2.24, 2.45) is 5.16 Å². The van der Waals surface area contributed by atoms with Gasteiger partial charge in [-0.3, -0.25) is 0 Å². The van der Waals surface area contributed by atoms with E-state index in [4.69, 9.17) is 5.26 Å². The van der Waals surface area contributed by atoms with Crippen LogP contribution in [-0.4, -0.2) is 11.7 Å². The van der Waals surface area contributed by atoms with Gasteiger partial charge >= 0.3 is 5.97 Å². The minimum Gasteiger partial charge on any atom is -0.319 e. The zero-order valence-corrected chi connectivity index (χ0v) is 7.33. The maximum absolute atomic E-state index is 10.3. The molecule has 0 saturated carbocycles. The Morgan fingerprint density at radius 1 is 1.67 bits per heavy atom. The summed E-state index contributed by atoms with van der Waals surface area (Å²) in [5.41, 5.74) is 0.742. The zero-order valence-electron chi connectivity index (χ0n) is 7.33. The van der Waals surface area contributed by atoms with Crippen molar-refractivity contribution in [3.63, 3.8) is 0 Å². The molecule has 0 aliphatic heterocycles. The van der Waals surface area contributed by atoms with E-state index in [9.17, 15) is 4.79 Å². The summed E-state index contributed by atoms with van der Waals surface area (Å²) >= 11 is 0. The highest BCUT2D eigenvalue weighted by atomic mass is 16.7. The van der Waals surface area contributed by atoms with Crippen LogP contribution in [0.1, 0.15) is 33.1 Å². The van der Waals surface area contributed by atoms with Gasteiger partial charge in [0, 0.05) is 19.8 Å². The van der Waals surface area contributed by atoms with Crippen LogP contribution in [0.4, 0.5) is 0 Å². The third-order valence-electron chi connectivity index (χ3n) is 1.24. The second-order valence-corrected chi connectivity index (χ2v) is 2.25. The van der Waals surface area contributed by atoms with Crippen molar-refractivity contribution in [1.29, 1.82) is 5.26 Å². The van der Waals surface area contributed by atoms with Gasteiger partial charge in [0.25, 0.3) is 0 Å². The van der Waals surface area contributed by atoms with E-state index in [-0.39, 0.29) is 0 Å². The molecular weight excluding hydrogens is 156 g/mol. The van der Waals surface area contributed by atoms with Gasteiger partial charge in [0.05, 0.1) is 11.8 Å². The van der Waals surface area contributed by atoms with Crippen LogP contribution < -0.4 is 0 Å². The first-order chi connectivity index (χ1) is 5.70. The number of nitriles is 1. The molecule has 0 aliphatic carbocycles. The third kappa shape index (κ3) is 5.42. The van der Waals surface area contributed by atoms with Crippen LogP contribution >= 0.6 is 0 Å². The molecule has 0 fully saturated rings. The van der Waals surface area contributed by atoms with Crippen LogP contribution in [0.5, 0.6) is 0 Å². The predicted molar refractivity (Wildman–Crippen MR) is 44.3 cm³/mol. The van der Waals surface area contributed by atoms with E-state index in [0.717, 1.165) is 5.71 Å². The van der Waals surface area contributed by atoms with Crippen molar-refractivity contribution in [1.82, 2.24) is 0 Å². The molecule has 0 heterocycles. The van der Waals surface area contributed by atoms with E-state index in [2.05, 4.69) is 9.99 Å². The Kier molecular flexibility index (Phi) is 5.62. The van der Waals surface area contributed by atoms with E-state index < -0.39 is 5.97 Å². The Morgan fingerprint density at radius 3 is 2.75 bits per heavy atom. The number of oxime groups is 1. The zero-order chi connectivity index (χ0) is 9.40. The summed E-state index contributed by atoms with van der Waals surface area (Å²) < 4.78 is 0. The molecule has 0 saturated heterocycles. The maximum Gasteiger partial charge on any atom is 0.331 e. The molecule has 0 spiro atoms. The van der Waals surface area contributed by atoms with Crippen LogP contribution in [0.2, 0.25) is 0 Å². The van der Waals surface area contributed by atoms with Crippen molar-refractivity contribution >= 4 is 11.7 Å². The van der Waals surface area contributed by atoms with Crippen LogP contribution in [-0.2, 0) is 9.63 Å². The summed E-state index contributed by atoms with van der Waals surface area (Å²) in [6.07, 6.45) is 1.68. The van der Waals surface area contributed by atoms with E-state index in [1.165, 1.54) is 6.92 Å². The largest absolute Gasteiger partial charge is 0.331 e. The summed E-state index contributed by atoms with van der Waals surface area (Å²) in [6.45, 7) is 3.20. The molecule has 0 amide bonds. The molecule has 0 rings (SSSR count). The highest BCUT2D eigenvalue weighted by molar-refractivity contribution is 5.84. The van der Waals surface area contributed by atoms with Crippen LogP contribution in [0, 0.1) is 11.3 Å². The molecule has 66 valence electrons. The standard InChI is InChI=1S/C8H12N2O2/c1-3-8(5-4-6-9)10-12-7(2)11/h3-5H2,1-2H3/b10-8+. The fourth-order valence-corrected chi connectivity index (χ4v) is 0.616. The summed E-state index contributed by atoms with van der Waals surface area (Å²) in [7, 11) is 0. The number of carbonyl (C=O) groups excluding carboxylic acids is 1. The smallest absolute Gasteiger partial charge is 0.319 e. The number of hydrogen-bond donors (Lipinski definition) is 0. The Hall–Kier alpha value is -1.37. The first-order valence-electron chi connectivity index (χ1n) is 3.81. The first kappa shape index (κ1) is 10.6. The lowest BCUT2D eigenvalue weighted by molar-refractivity contribution is -0.140. The van der Waals surface area contributed by atoms with Gasteiger partial charge in [-0.15, -0.1) is 0 Å². The normalized spacial score (nSPS) is 10.6. The van der Waals surface area contributed by atoms with Gasteiger partial charge in [0.15, 0.2) is 0 Å². The Morgan fingerprint density at radius 2 is 2.33 bits per heavy atom. The third-order valence-corrected chi connectivity index (χ3v) is 1.24. The van der Waals surface area contributed by atoms with Crippen molar-refractivity contribution in [3.05, 3.63) is 0 Å². The molecular formula is C8H12N2O2. The molecule has 0 aromatic carbocycles. The molecule has 0 aromatic rings. The van der Waals surface area contributed by atoms with Crippen LogP contribution in [0.25, 0.3) is 0 Å². The highest BCUT2D eigenvalue weighted by Gasteiger charge is 1.97. The lowest BCUT2D eigenvalue weighted by atomic mass is 10.2. The summed E-state index contributed by atoms with van der Waals surface area (Å²) in [4.78, 5) is 14.8. The topological polar surface area (TPSA) is 62.4 Å². The second-order valence-electron chi connectivity index (χ2n) is 2.25. The molecule has 0 bridgehead atoms. The number of nitrogens with zero attached hydrogens (tertiary/aromatic N) is 2. The van der Waals surface area contributed by atoms with Gasteiger partial charge in [0.2, 0.25) is 0 Å². The van der Waals surface area contributed by atoms with Crippen LogP contribution in [0.3, 0.4) is 0 Å². The average Bonchev–Trinajstić information content (AvgIpc) is 2.05. The highest BCUT2D eigenvalue weighted by Crippen LogP contribution is 1.97. The van der Waals surface area contributed by atoms with Crippen molar-refractivity contribution in [3.8, 4) is 6.07 Å². The van der Waals surface area contributed by atoms with Crippen molar-refractivity contribution in [2.75, 3.05) is 0 Å². The molecule has 4 nitrogen and oxygen atoms in total. The van der Waals surface area contributed by atoms with E-state index in [0.29, 0.717) is 19.3 Å². The van der Waals surface area contributed by atoms with Gasteiger partial charge in [-0.1, -0.05) is 12.1 Å². The minimum absolute atomic E-state index is 0.411. The summed E-state index contributed by atoms with van der Waals surface area (Å²) in [5, 5.41) is 11.9. The lowest BCUT2D eigenvalue weighted by Gasteiger charge is -1.97. The SMILES string of the molecule is CC/C(CCC#N)=N\OC(C)=O. The molecule has 4 heteroatoms. The maximum atomic E-state index is 10.3. The minimum atomic E-state index is -0.432. The molecule has 0 radical (unpaired) electrons. The molecule has 0 aromatic heterocycles. The molecule has 0 atom stereocenters. The Bertz CT molecular complexity index is 216. The monoisotopic (exact) mass is 168 g/mol. The van der Waals surface area contributed by atoms with Gasteiger partial charge in [0.1, 0.15) is 0 Å². The second kappa shape index (κ2) is 6.35. The lowest BCUT2D eigenvalue weighted by Crippen LogP contribution is -2.00. The van der Waals surface area contributed by atoms with Crippen molar-refractivity contribution < 1.29 is 9.63 Å². The summed E-state index contributed by atoms with van der Waals surface area (Å²) in [6, 6.07) is 2.00. The number of hydrogen-bond acceptors (Lipinski definition) is 4. The van der Waals surface area contributed by atoms with Gasteiger partial charge in [-0.2, -0.15) is 5.26 Å². The van der Waals surface area contributed by atoms with E-state index >= 15 is 0 Å². The van der Waals surface area contributed by atoms with Gasteiger partial charge < -0.3 is 4.84 Å². The van der Waals surface area contributed by atoms with Crippen molar-refractivity contribution in [2.45, 2.75) is 33.1 Å². The van der Waals surface area contributed by atoms with Gasteiger partial charge in [-0.25, -0.2) is 4.79 Å². The molecule has 0 unspecified atom stereocenters. The predicted octanol–water partition coefficient (Wildman–Crippen LogP) is 1.62. The summed E-state index contributed by atoms with van der Waals surface area (Å²) in [5.74, 6) is -0.432. The quantitative estimate of drug-likeness (QED) is 0.364. The first-order valence-corrected chi connectivity index (χ1v) is 3.81. The number of rotatable bonds is 4. The van der Waals surface area contributed by atoms with Gasteiger partial charge in [-0.05, 0) is 6.42 Å². The molecule has 12 heavy (non-hydrogen) atoms. The number of carbonyl (C=O) groups is 1.